The molecule has 0 radical (unpaired) electrons. The van der Waals surface area contributed by atoms with Crippen LogP contribution in [0.2, 0.25) is 0 Å². The molecule has 0 bridgehead atoms. The fraction of sp³-hybridized carbons (Fsp3) is 0.105. The van der Waals surface area contributed by atoms with Crippen molar-refractivity contribution in [3.05, 3.63) is 86.2 Å². The number of nitrogens with zero attached hydrogens (tertiary/aromatic N) is 4. The fourth-order valence-electron chi connectivity index (χ4n) is 2.92. The van der Waals surface area contributed by atoms with Gasteiger partial charge in [-0.2, -0.15) is 9.61 Å². The fourth-order valence-corrected chi connectivity index (χ4v) is 3.72. The molecule has 4 rings (SSSR count). The van der Waals surface area contributed by atoms with Crippen LogP contribution in [0.1, 0.15) is 11.3 Å². The number of benzene rings is 2. The average Bonchev–Trinajstić information content (AvgIpc) is 3.04. The molecule has 8 nitrogen and oxygen atoms in total. The van der Waals surface area contributed by atoms with E-state index in [1.54, 1.807) is 31.2 Å². The largest absolute Gasteiger partial charge is 0.350 e. The predicted octanol–water partition coefficient (Wildman–Crippen LogP) is 3.73. The first-order valence-corrected chi connectivity index (χ1v) is 9.52. The number of nitro benzene ring substituents is 1. The van der Waals surface area contributed by atoms with Crippen LogP contribution in [-0.2, 0) is 5.75 Å². The van der Waals surface area contributed by atoms with Crippen molar-refractivity contribution in [3.63, 3.8) is 0 Å². The molecular weight excluding hydrogens is 397 g/mol. The SMILES string of the molecule is Cc1nn2c(=O)[nH]c(SCc3ccc([N+](=O)[O-])cc3)nc2c1-c1ccc(F)cc1. The van der Waals surface area contributed by atoms with Gasteiger partial charge < -0.3 is 0 Å². The van der Waals surface area contributed by atoms with Gasteiger partial charge in [0.05, 0.1) is 10.6 Å². The highest BCUT2D eigenvalue weighted by atomic mass is 32.2. The van der Waals surface area contributed by atoms with Crippen LogP contribution in [0.3, 0.4) is 0 Å². The first-order chi connectivity index (χ1) is 13.9. The van der Waals surface area contributed by atoms with Gasteiger partial charge in [-0.15, -0.1) is 0 Å². The van der Waals surface area contributed by atoms with Crippen molar-refractivity contribution in [3.8, 4) is 11.1 Å². The van der Waals surface area contributed by atoms with Crippen molar-refractivity contribution in [2.45, 2.75) is 17.8 Å². The lowest BCUT2D eigenvalue weighted by molar-refractivity contribution is -0.384. The third-order valence-corrected chi connectivity index (χ3v) is 5.25. The maximum absolute atomic E-state index is 13.3. The number of aromatic amines is 1. The van der Waals surface area contributed by atoms with E-state index in [0.29, 0.717) is 33.4 Å². The van der Waals surface area contributed by atoms with Crippen LogP contribution in [0, 0.1) is 22.9 Å². The Labute approximate surface area is 167 Å². The van der Waals surface area contributed by atoms with E-state index in [-0.39, 0.29) is 11.5 Å². The molecule has 0 atom stereocenters. The van der Waals surface area contributed by atoms with Crippen LogP contribution >= 0.6 is 11.8 Å². The summed E-state index contributed by atoms with van der Waals surface area (Å²) in [7, 11) is 0. The molecule has 1 N–H and O–H groups in total. The molecule has 0 unspecified atom stereocenters. The van der Waals surface area contributed by atoms with Crippen molar-refractivity contribution in [1.29, 1.82) is 0 Å². The average molecular weight is 411 g/mol. The Balaban J connectivity index is 1.67. The van der Waals surface area contributed by atoms with Crippen molar-refractivity contribution in [1.82, 2.24) is 19.6 Å². The quantitative estimate of drug-likeness (QED) is 0.305. The molecule has 4 aromatic rings. The summed E-state index contributed by atoms with van der Waals surface area (Å²) < 4.78 is 14.5. The molecule has 0 fully saturated rings. The first kappa shape index (κ1) is 18.8. The number of thioether (sulfide) groups is 1. The number of aromatic nitrogens is 4. The monoisotopic (exact) mass is 411 g/mol. The molecule has 0 saturated carbocycles. The Morgan fingerprint density at radius 1 is 1.17 bits per heavy atom. The smallest absolute Gasteiger partial charge is 0.285 e. The second-order valence-electron chi connectivity index (χ2n) is 6.26. The van der Waals surface area contributed by atoms with Gasteiger partial charge in [-0.05, 0) is 30.2 Å². The van der Waals surface area contributed by atoms with E-state index in [1.807, 2.05) is 0 Å². The minimum atomic E-state index is -0.456. The number of hydrogen-bond donors (Lipinski definition) is 1. The standard InChI is InChI=1S/C19H14FN5O3S/c1-11-16(13-4-6-14(20)7-5-13)17-21-18(22-19(26)24(17)23-11)29-10-12-2-8-15(9-3-12)25(27)28/h2-9H,10H2,1H3,(H,21,22,26). The van der Waals surface area contributed by atoms with E-state index in [1.165, 1.54) is 40.5 Å². The van der Waals surface area contributed by atoms with Crippen molar-refractivity contribution in [2.24, 2.45) is 0 Å². The molecule has 29 heavy (non-hydrogen) atoms. The normalized spacial score (nSPS) is 11.1. The summed E-state index contributed by atoms with van der Waals surface area (Å²) in [5, 5.41) is 15.4. The number of rotatable bonds is 5. The van der Waals surface area contributed by atoms with E-state index in [4.69, 9.17) is 0 Å². The predicted molar refractivity (Wildman–Crippen MR) is 106 cm³/mol. The van der Waals surface area contributed by atoms with Gasteiger partial charge in [-0.1, -0.05) is 36.0 Å². The molecule has 0 amide bonds. The molecule has 0 aliphatic rings. The second-order valence-corrected chi connectivity index (χ2v) is 7.23. The van der Waals surface area contributed by atoms with Gasteiger partial charge in [-0.25, -0.2) is 14.2 Å². The van der Waals surface area contributed by atoms with Gasteiger partial charge in [-0.3, -0.25) is 15.1 Å². The second kappa shape index (κ2) is 7.47. The summed E-state index contributed by atoms with van der Waals surface area (Å²) in [6.45, 7) is 1.76. The van der Waals surface area contributed by atoms with Gasteiger partial charge in [0.25, 0.3) is 5.69 Å². The van der Waals surface area contributed by atoms with Gasteiger partial charge in [0.1, 0.15) is 5.82 Å². The Bertz CT molecular complexity index is 1270. The number of halogens is 1. The summed E-state index contributed by atoms with van der Waals surface area (Å²) in [4.78, 5) is 29.9. The van der Waals surface area contributed by atoms with Crippen molar-refractivity contribution >= 4 is 23.1 Å². The van der Waals surface area contributed by atoms with E-state index in [2.05, 4.69) is 15.1 Å². The van der Waals surface area contributed by atoms with Crippen molar-refractivity contribution < 1.29 is 9.31 Å². The highest BCUT2D eigenvalue weighted by molar-refractivity contribution is 7.98. The van der Waals surface area contributed by atoms with Crippen LogP contribution in [0.25, 0.3) is 16.8 Å². The molecule has 10 heteroatoms. The number of fused-ring (bicyclic) bond motifs is 1. The zero-order valence-electron chi connectivity index (χ0n) is 15.1. The molecule has 0 spiro atoms. The molecule has 2 aromatic carbocycles. The van der Waals surface area contributed by atoms with Gasteiger partial charge in [0, 0.05) is 23.4 Å². The van der Waals surface area contributed by atoms with E-state index in [0.717, 1.165) is 5.56 Å². The first-order valence-electron chi connectivity index (χ1n) is 8.54. The Morgan fingerprint density at radius 3 is 2.52 bits per heavy atom. The van der Waals surface area contributed by atoms with E-state index < -0.39 is 10.6 Å². The summed E-state index contributed by atoms with van der Waals surface area (Å²) in [5.41, 5.74) is 2.79. The molecule has 2 heterocycles. The minimum Gasteiger partial charge on any atom is -0.285 e. The summed E-state index contributed by atoms with van der Waals surface area (Å²) in [6, 6.07) is 12.1. The van der Waals surface area contributed by atoms with Crippen molar-refractivity contribution in [2.75, 3.05) is 0 Å². The molecule has 0 aliphatic carbocycles. The lowest BCUT2D eigenvalue weighted by Gasteiger charge is -2.04. The number of hydrogen-bond acceptors (Lipinski definition) is 6. The molecule has 2 aromatic heterocycles. The van der Waals surface area contributed by atoms with Crippen LogP contribution in [0.15, 0.2) is 58.5 Å². The topological polar surface area (TPSA) is 106 Å². The van der Waals surface area contributed by atoms with E-state index >= 15 is 0 Å². The summed E-state index contributed by atoms with van der Waals surface area (Å²) in [6.07, 6.45) is 0. The zero-order valence-corrected chi connectivity index (χ0v) is 15.9. The molecular formula is C19H14FN5O3S. The molecule has 146 valence electrons. The van der Waals surface area contributed by atoms with Crippen LogP contribution in [0.4, 0.5) is 10.1 Å². The highest BCUT2D eigenvalue weighted by Crippen LogP contribution is 2.28. The van der Waals surface area contributed by atoms with Crippen LogP contribution in [0.5, 0.6) is 0 Å². The Morgan fingerprint density at radius 2 is 1.86 bits per heavy atom. The number of non-ortho nitro benzene ring substituents is 1. The lowest BCUT2D eigenvalue weighted by Crippen LogP contribution is -2.19. The maximum atomic E-state index is 13.3. The van der Waals surface area contributed by atoms with E-state index in [9.17, 15) is 19.3 Å². The van der Waals surface area contributed by atoms with Crippen LogP contribution < -0.4 is 5.69 Å². The Kier molecular flexibility index (Phi) is 4.85. The highest BCUT2D eigenvalue weighted by Gasteiger charge is 2.16. The number of nitrogens with one attached hydrogen (secondary N) is 1. The summed E-state index contributed by atoms with van der Waals surface area (Å²) in [5.74, 6) is 0.115. The molecule has 0 aliphatic heterocycles. The minimum absolute atomic E-state index is 0.0189. The van der Waals surface area contributed by atoms with Crippen LogP contribution in [-0.4, -0.2) is 24.5 Å². The van der Waals surface area contributed by atoms with Gasteiger partial charge >= 0.3 is 5.69 Å². The summed E-state index contributed by atoms with van der Waals surface area (Å²) >= 11 is 1.29. The zero-order chi connectivity index (χ0) is 20.5. The Hall–Kier alpha value is -3.53. The number of aryl methyl sites for hydroxylation is 1. The number of H-pyrrole nitrogens is 1. The molecule has 0 saturated heterocycles. The number of nitro groups is 1. The maximum Gasteiger partial charge on any atom is 0.350 e. The van der Waals surface area contributed by atoms with Gasteiger partial charge in [0.15, 0.2) is 10.8 Å². The third kappa shape index (κ3) is 3.74. The van der Waals surface area contributed by atoms with Gasteiger partial charge in [0.2, 0.25) is 0 Å². The lowest BCUT2D eigenvalue weighted by atomic mass is 10.1. The third-order valence-electron chi connectivity index (χ3n) is 4.31.